The van der Waals surface area contributed by atoms with Crippen LogP contribution in [0.4, 0.5) is 0 Å². The van der Waals surface area contributed by atoms with Gasteiger partial charge in [0.25, 0.3) is 5.91 Å². The number of nitrogens with zero attached hydrogens (tertiary/aromatic N) is 3. The van der Waals surface area contributed by atoms with E-state index in [2.05, 4.69) is 16.8 Å². The molecule has 1 atom stereocenters. The second kappa shape index (κ2) is 6.99. The number of ether oxygens (including phenoxy) is 1. The summed E-state index contributed by atoms with van der Waals surface area (Å²) in [6.45, 7) is 6.67. The van der Waals surface area contributed by atoms with Gasteiger partial charge in [-0.3, -0.25) is 14.7 Å². The second-order valence-electron chi connectivity index (χ2n) is 6.16. The molecule has 0 aliphatic carbocycles. The Hall–Kier alpha value is -3.16. The number of fused-ring (bicyclic) bond motifs is 1. The van der Waals surface area contributed by atoms with E-state index in [4.69, 9.17) is 4.74 Å². The van der Waals surface area contributed by atoms with Crippen LogP contribution >= 0.6 is 0 Å². The number of nitrogens with one attached hydrogen (secondary N) is 1. The molecular formula is C18H20N4O4. The zero-order chi connectivity index (χ0) is 18.8. The highest BCUT2D eigenvalue weighted by Gasteiger charge is 2.31. The minimum atomic E-state index is -0.476. The maximum atomic E-state index is 13.0. The van der Waals surface area contributed by atoms with Crippen LogP contribution in [-0.2, 0) is 9.53 Å². The van der Waals surface area contributed by atoms with Gasteiger partial charge in [-0.25, -0.2) is 4.79 Å². The van der Waals surface area contributed by atoms with Gasteiger partial charge in [0.05, 0.1) is 18.2 Å². The van der Waals surface area contributed by atoms with Crippen LogP contribution in [0.15, 0.2) is 30.9 Å². The van der Waals surface area contributed by atoms with Gasteiger partial charge in [0, 0.05) is 31.1 Å². The number of esters is 1. The Kier molecular flexibility index (Phi) is 4.75. The van der Waals surface area contributed by atoms with Crippen LogP contribution < -0.4 is 0 Å². The number of amides is 2. The van der Waals surface area contributed by atoms with E-state index in [-0.39, 0.29) is 23.6 Å². The van der Waals surface area contributed by atoms with Crippen LogP contribution in [0.2, 0.25) is 0 Å². The van der Waals surface area contributed by atoms with Gasteiger partial charge in [0.15, 0.2) is 5.69 Å². The number of piperazine rings is 1. The largest absolute Gasteiger partial charge is 0.465 e. The third kappa shape index (κ3) is 3.05. The van der Waals surface area contributed by atoms with Gasteiger partial charge in [0.1, 0.15) is 0 Å². The summed E-state index contributed by atoms with van der Waals surface area (Å²) >= 11 is 0. The second-order valence-corrected chi connectivity index (χ2v) is 6.16. The lowest BCUT2D eigenvalue weighted by Crippen LogP contribution is -2.55. The minimum absolute atomic E-state index is 0.142. The summed E-state index contributed by atoms with van der Waals surface area (Å²) in [5.74, 6) is -0.857. The van der Waals surface area contributed by atoms with E-state index in [9.17, 15) is 14.4 Å². The van der Waals surface area contributed by atoms with Crippen molar-refractivity contribution in [3.63, 3.8) is 0 Å². The lowest BCUT2D eigenvalue weighted by molar-refractivity contribution is -0.128. The van der Waals surface area contributed by atoms with Gasteiger partial charge in [-0.2, -0.15) is 5.10 Å². The number of hydrogen-bond acceptors (Lipinski definition) is 5. The van der Waals surface area contributed by atoms with Crippen LogP contribution in [0.3, 0.4) is 0 Å². The molecule has 1 aliphatic heterocycles. The first-order valence-electron chi connectivity index (χ1n) is 8.25. The van der Waals surface area contributed by atoms with Gasteiger partial charge in [-0.15, -0.1) is 0 Å². The molecule has 1 aromatic carbocycles. The Morgan fingerprint density at radius 2 is 2.12 bits per heavy atom. The number of H-pyrrole nitrogens is 1. The smallest absolute Gasteiger partial charge is 0.337 e. The van der Waals surface area contributed by atoms with E-state index in [1.165, 1.54) is 13.2 Å². The molecular weight excluding hydrogens is 336 g/mol. The van der Waals surface area contributed by atoms with Crippen LogP contribution in [0.25, 0.3) is 10.9 Å². The van der Waals surface area contributed by atoms with E-state index in [1.54, 1.807) is 28.0 Å². The van der Waals surface area contributed by atoms with Gasteiger partial charge in [-0.05, 0) is 31.2 Å². The standard InChI is InChI=1S/C18H20N4O4/c1-4-15(23)21-7-8-22(11(2)10-21)17(24)16-13-9-12(18(25)26-3)5-6-14(13)19-20-16/h4-6,9,11H,1,7-8,10H2,2-3H3,(H,19,20)/t11-/m0/s1. The zero-order valence-electron chi connectivity index (χ0n) is 14.7. The van der Waals surface area contributed by atoms with Crippen molar-refractivity contribution in [3.05, 3.63) is 42.1 Å². The molecule has 136 valence electrons. The molecule has 0 radical (unpaired) electrons. The van der Waals surface area contributed by atoms with Gasteiger partial charge in [0.2, 0.25) is 5.91 Å². The average Bonchev–Trinajstić information content (AvgIpc) is 3.09. The highest BCUT2D eigenvalue weighted by atomic mass is 16.5. The van der Waals surface area contributed by atoms with Crippen molar-refractivity contribution in [1.82, 2.24) is 20.0 Å². The van der Waals surface area contributed by atoms with Crippen molar-refractivity contribution in [3.8, 4) is 0 Å². The van der Waals surface area contributed by atoms with E-state index in [1.807, 2.05) is 6.92 Å². The number of carbonyl (C=O) groups is 3. The average molecular weight is 356 g/mol. The van der Waals surface area contributed by atoms with Gasteiger partial charge in [-0.1, -0.05) is 6.58 Å². The molecule has 0 bridgehead atoms. The summed E-state index contributed by atoms with van der Waals surface area (Å²) in [5, 5.41) is 7.52. The highest BCUT2D eigenvalue weighted by molar-refractivity contribution is 6.06. The molecule has 1 saturated heterocycles. The number of carbonyl (C=O) groups excluding carboxylic acids is 3. The lowest BCUT2D eigenvalue weighted by atomic mass is 10.1. The predicted molar refractivity (Wildman–Crippen MR) is 94.7 cm³/mol. The molecule has 3 rings (SSSR count). The summed E-state index contributed by atoms with van der Waals surface area (Å²) in [5.41, 5.74) is 1.26. The first-order valence-corrected chi connectivity index (χ1v) is 8.25. The number of aromatic amines is 1. The molecule has 2 aromatic rings. The number of rotatable bonds is 3. The maximum absolute atomic E-state index is 13.0. The topological polar surface area (TPSA) is 95.6 Å². The molecule has 0 unspecified atom stereocenters. The predicted octanol–water partition coefficient (Wildman–Crippen LogP) is 1.21. The molecule has 8 nitrogen and oxygen atoms in total. The van der Waals surface area contributed by atoms with E-state index >= 15 is 0 Å². The summed E-state index contributed by atoms with van der Waals surface area (Å²) < 4.78 is 4.73. The number of methoxy groups -OCH3 is 1. The third-order valence-corrected chi connectivity index (χ3v) is 4.56. The normalized spacial score (nSPS) is 17.2. The van der Waals surface area contributed by atoms with Gasteiger partial charge >= 0.3 is 5.97 Å². The molecule has 8 heteroatoms. The molecule has 1 fully saturated rings. The first-order chi connectivity index (χ1) is 12.5. The highest BCUT2D eigenvalue weighted by Crippen LogP contribution is 2.22. The number of benzene rings is 1. The van der Waals surface area contributed by atoms with Crippen molar-refractivity contribution in [2.75, 3.05) is 26.7 Å². The zero-order valence-corrected chi connectivity index (χ0v) is 14.7. The summed E-state index contributed by atoms with van der Waals surface area (Å²) in [6.07, 6.45) is 1.28. The molecule has 26 heavy (non-hydrogen) atoms. The molecule has 0 spiro atoms. The maximum Gasteiger partial charge on any atom is 0.337 e. The molecule has 1 aliphatic rings. The Morgan fingerprint density at radius 1 is 1.35 bits per heavy atom. The van der Waals surface area contributed by atoms with E-state index < -0.39 is 5.97 Å². The molecule has 2 amide bonds. The quantitative estimate of drug-likeness (QED) is 0.659. The monoisotopic (exact) mass is 356 g/mol. The van der Waals surface area contributed by atoms with Gasteiger partial charge < -0.3 is 14.5 Å². The fourth-order valence-corrected chi connectivity index (χ4v) is 3.15. The Morgan fingerprint density at radius 3 is 2.77 bits per heavy atom. The fraction of sp³-hybridized carbons (Fsp3) is 0.333. The van der Waals surface area contributed by atoms with E-state index in [0.29, 0.717) is 36.1 Å². The molecule has 0 saturated carbocycles. The lowest BCUT2D eigenvalue weighted by Gasteiger charge is -2.39. The van der Waals surface area contributed by atoms with Crippen LogP contribution in [0.1, 0.15) is 27.8 Å². The summed E-state index contributed by atoms with van der Waals surface area (Å²) in [6, 6.07) is 4.74. The van der Waals surface area contributed by atoms with Crippen molar-refractivity contribution < 1.29 is 19.1 Å². The molecule has 2 heterocycles. The SMILES string of the molecule is C=CC(=O)N1CCN(C(=O)c2n[nH]c3ccc(C(=O)OC)cc23)[C@@H](C)C1. The summed E-state index contributed by atoms with van der Waals surface area (Å²) in [7, 11) is 1.31. The van der Waals surface area contributed by atoms with Crippen molar-refractivity contribution in [2.45, 2.75) is 13.0 Å². The number of hydrogen-bond donors (Lipinski definition) is 1. The first kappa shape index (κ1) is 17.7. The van der Waals surface area contributed by atoms with Crippen LogP contribution in [-0.4, -0.2) is 70.6 Å². The van der Waals surface area contributed by atoms with Crippen molar-refractivity contribution >= 4 is 28.7 Å². The van der Waals surface area contributed by atoms with Crippen LogP contribution in [0.5, 0.6) is 0 Å². The Bertz CT molecular complexity index is 888. The van der Waals surface area contributed by atoms with E-state index in [0.717, 1.165) is 0 Å². The molecule has 1 N–H and O–H groups in total. The number of aromatic nitrogens is 2. The fourth-order valence-electron chi connectivity index (χ4n) is 3.15. The molecule has 1 aromatic heterocycles. The van der Waals surface area contributed by atoms with Crippen molar-refractivity contribution in [2.24, 2.45) is 0 Å². The Balaban J connectivity index is 1.87. The van der Waals surface area contributed by atoms with Crippen LogP contribution in [0, 0.1) is 0 Å². The van der Waals surface area contributed by atoms with Crippen molar-refractivity contribution in [1.29, 1.82) is 0 Å². The Labute approximate surface area is 150 Å². The third-order valence-electron chi connectivity index (χ3n) is 4.56. The minimum Gasteiger partial charge on any atom is -0.465 e. The summed E-state index contributed by atoms with van der Waals surface area (Å²) in [4.78, 5) is 39.9.